The molecule has 3 aromatic rings. The van der Waals surface area contributed by atoms with Gasteiger partial charge in [-0.3, -0.25) is 4.79 Å². The Morgan fingerprint density at radius 2 is 1.76 bits per heavy atom. The quantitative estimate of drug-likeness (QED) is 0.384. The fourth-order valence-corrected chi connectivity index (χ4v) is 4.50. The van der Waals surface area contributed by atoms with Crippen molar-refractivity contribution in [2.45, 2.75) is 56.6 Å². The number of nitrogens with one attached hydrogen (secondary N) is 1. The summed E-state index contributed by atoms with van der Waals surface area (Å²) < 4.78 is 43.7. The minimum atomic E-state index is -2.23. The third-order valence-corrected chi connectivity index (χ3v) is 6.50. The molecule has 1 fully saturated rings. The zero-order chi connectivity index (χ0) is 29.8. The number of imidazole rings is 1. The number of nitrogens with zero attached hydrogens (tertiary/aromatic N) is 3. The molecule has 1 atom stereocenters. The Morgan fingerprint density at radius 1 is 1.17 bits per heavy atom. The number of halogens is 2. The van der Waals surface area contributed by atoms with Gasteiger partial charge < -0.3 is 32.5 Å². The number of rotatable bonds is 4. The first-order valence-electron chi connectivity index (χ1n) is 12.5. The summed E-state index contributed by atoms with van der Waals surface area (Å²) in [6, 6.07) is 5.38. The van der Waals surface area contributed by atoms with Crippen LogP contribution in [-0.2, 0) is 15.9 Å². The number of fused-ring (bicyclic) bond motifs is 1. The van der Waals surface area contributed by atoms with Crippen LogP contribution in [0.5, 0.6) is 0 Å². The van der Waals surface area contributed by atoms with E-state index in [1.165, 1.54) is 7.05 Å². The molecule has 1 aliphatic rings. The van der Waals surface area contributed by atoms with Crippen LogP contribution in [0.3, 0.4) is 0 Å². The minimum absolute atomic E-state index is 0. The van der Waals surface area contributed by atoms with Crippen LogP contribution in [0.1, 0.15) is 42.4 Å². The third-order valence-electron chi connectivity index (χ3n) is 6.50. The number of aromatic nitrogens is 2. The Hall–Kier alpha value is -1.57. The van der Waals surface area contributed by atoms with E-state index >= 15 is 8.78 Å². The molecule has 8 nitrogen and oxygen atoms in total. The molecule has 4 rings (SSSR count). The van der Waals surface area contributed by atoms with Crippen LogP contribution in [-0.4, -0.2) is 102 Å². The van der Waals surface area contributed by atoms with E-state index in [9.17, 15) is 9.59 Å². The number of benzene rings is 1. The summed E-state index contributed by atoms with van der Waals surface area (Å²) in [5.74, 6) is -2.63. The molecule has 1 aromatic carbocycles. The fourth-order valence-electron chi connectivity index (χ4n) is 4.50. The molecule has 0 aliphatic carbocycles. The Bertz CT molecular complexity index is 1480. The molecule has 2 aromatic heterocycles. The molecule has 1 N–H and O–H groups in total. The van der Waals surface area contributed by atoms with E-state index in [0.29, 0.717) is 11.3 Å². The van der Waals surface area contributed by atoms with Crippen molar-refractivity contribution >= 4 is 57.4 Å². The standard InChI is InChI=1S/C26H26B4F2N4O4.B.K/c1-13-6-7-35-18(11-15-12-36(23(38)40-24(2,3)4)25(27,28)26(29,30)39-15)21(34-19(35)8-13)20-16(31)9-14(10-17(20)32)22(37)33-5;;/h6-10,15H,11-12H2,1-5H3,(H,33,37);;/q;-1;+1. The molecule has 2 amide bonds. The number of ether oxygens (including phenoxy) is 2. The Labute approximate surface area is 294 Å². The first kappa shape index (κ1) is 36.6. The number of morpholine rings is 1. The smallest absolute Gasteiger partial charge is 1.00 e. The van der Waals surface area contributed by atoms with Crippen molar-refractivity contribution in [2.24, 2.45) is 0 Å². The van der Waals surface area contributed by atoms with Crippen molar-refractivity contribution < 1.29 is 79.2 Å². The monoisotopic (exact) mass is 590 g/mol. The normalized spacial score (nSPS) is 17.6. The number of aryl methyl sites for hydroxylation is 1. The molecule has 0 bridgehead atoms. The molecular formula is C26H26B5F2KN4O4. The largest absolute Gasteiger partial charge is 1.00 e. The van der Waals surface area contributed by atoms with Crippen molar-refractivity contribution in [3.8, 4) is 11.3 Å². The van der Waals surface area contributed by atoms with E-state index in [1.807, 2.05) is 6.92 Å². The molecule has 1 unspecified atom stereocenters. The summed E-state index contributed by atoms with van der Waals surface area (Å²) in [7, 11) is 25.9. The molecule has 3 heterocycles. The van der Waals surface area contributed by atoms with Crippen molar-refractivity contribution in [3.63, 3.8) is 0 Å². The van der Waals surface area contributed by atoms with E-state index in [1.54, 1.807) is 43.5 Å². The molecule has 1 saturated heterocycles. The van der Waals surface area contributed by atoms with Gasteiger partial charge in [0.25, 0.3) is 5.91 Å². The molecular weight excluding hydrogens is 563 g/mol. The van der Waals surface area contributed by atoms with Crippen LogP contribution in [0, 0.1) is 18.6 Å². The van der Waals surface area contributed by atoms with Gasteiger partial charge in [0.1, 0.15) is 38.6 Å². The van der Waals surface area contributed by atoms with Crippen molar-refractivity contribution in [1.82, 2.24) is 19.6 Å². The second-order valence-electron chi connectivity index (χ2n) is 10.9. The van der Waals surface area contributed by atoms with E-state index in [2.05, 4.69) is 10.3 Å². The number of carbonyl (C=O) groups excluding carboxylic acids is 2. The van der Waals surface area contributed by atoms with Gasteiger partial charge in [0, 0.05) is 31.8 Å². The predicted octanol–water partition coefficient (Wildman–Crippen LogP) is -1.27. The van der Waals surface area contributed by atoms with Gasteiger partial charge in [-0.1, -0.05) is 0 Å². The number of pyridine rings is 1. The summed E-state index contributed by atoms with van der Waals surface area (Å²) >= 11 is 0. The van der Waals surface area contributed by atoms with Gasteiger partial charge in [-0.15, -0.1) is 0 Å². The summed E-state index contributed by atoms with van der Waals surface area (Å²) in [5, 5.41) is -2.05. The first-order chi connectivity index (χ1) is 18.4. The number of hydrogen-bond acceptors (Lipinski definition) is 5. The van der Waals surface area contributed by atoms with Crippen molar-refractivity contribution in [3.05, 3.63) is 58.9 Å². The predicted molar refractivity (Wildman–Crippen MR) is 154 cm³/mol. The Morgan fingerprint density at radius 3 is 2.31 bits per heavy atom. The Kier molecular flexibility index (Phi) is 11.5. The second-order valence-corrected chi connectivity index (χ2v) is 10.9. The zero-order valence-electron chi connectivity index (χ0n) is 24.5. The fraction of sp³-hybridized carbons (Fsp3) is 0.423. The summed E-state index contributed by atoms with van der Waals surface area (Å²) in [6.45, 7) is 6.63. The van der Waals surface area contributed by atoms with Gasteiger partial charge in [0.15, 0.2) is 0 Å². The summed E-state index contributed by atoms with van der Waals surface area (Å²) in [5.41, 5.74) is 0.0376. The van der Waals surface area contributed by atoms with E-state index in [4.69, 9.17) is 40.9 Å². The number of carbonyl (C=O) groups is 2. The molecule has 16 heteroatoms. The van der Waals surface area contributed by atoms with Crippen LogP contribution >= 0.6 is 0 Å². The van der Waals surface area contributed by atoms with Crippen LogP contribution in [0.2, 0.25) is 0 Å². The van der Waals surface area contributed by atoms with Crippen molar-refractivity contribution in [2.75, 3.05) is 13.6 Å². The van der Waals surface area contributed by atoms with Gasteiger partial charge in [-0.2, -0.15) is 0 Å². The van der Waals surface area contributed by atoms with Crippen molar-refractivity contribution in [1.29, 1.82) is 0 Å². The summed E-state index contributed by atoms with van der Waals surface area (Å²) in [4.78, 5) is 30.5. The maximum absolute atomic E-state index is 15.4. The molecule has 12 radical (unpaired) electrons. The van der Waals surface area contributed by atoms with E-state index in [0.717, 1.165) is 22.6 Å². The molecule has 42 heavy (non-hydrogen) atoms. The van der Waals surface area contributed by atoms with Gasteiger partial charge in [-0.25, -0.2) is 18.6 Å². The van der Waals surface area contributed by atoms with Gasteiger partial charge in [0.05, 0.1) is 38.7 Å². The van der Waals surface area contributed by atoms with Crippen LogP contribution in [0.15, 0.2) is 30.5 Å². The van der Waals surface area contributed by atoms with Crippen LogP contribution in [0.25, 0.3) is 16.9 Å². The molecule has 1 aliphatic heterocycles. The third kappa shape index (κ3) is 7.21. The van der Waals surface area contributed by atoms with E-state index in [-0.39, 0.29) is 84.0 Å². The first-order valence-corrected chi connectivity index (χ1v) is 12.5. The molecule has 0 saturated carbocycles. The topological polar surface area (TPSA) is 85.2 Å². The average molecular weight is 590 g/mol. The maximum Gasteiger partial charge on any atom is 1.00 e. The Balaban J connectivity index is 0.00000308. The number of hydrogen-bond donors (Lipinski definition) is 1. The SMILES string of the molecule is [B-].[B]C1([B])OC(Cc2c(-c3c(F)cc(C(=O)NC)cc3F)nc3cc(C)ccn23)CN(C(=O)OC(C)(C)C)C1([B])[B].[K+]. The second kappa shape index (κ2) is 13.2. The van der Waals surface area contributed by atoms with Gasteiger partial charge in [0.2, 0.25) is 0 Å². The van der Waals surface area contributed by atoms with Crippen LogP contribution in [0.4, 0.5) is 13.6 Å². The van der Waals surface area contributed by atoms with Crippen LogP contribution < -0.4 is 56.7 Å². The zero-order valence-corrected chi connectivity index (χ0v) is 27.6. The van der Waals surface area contributed by atoms with Gasteiger partial charge >= 0.3 is 57.5 Å². The van der Waals surface area contributed by atoms with Gasteiger partial charge in [-0.05, 0) is 68.3 Å². The number of amides is 2. The minimum Gasteiger partial charge on any atom is -1.00 e. The molecule has 0 spiro atoms. The summed E-state index contributed by atoms with van der Waals surface area (Å²) in [6.07, 6.45) is -0.198. The maximum atomic E-state index is 15.4. The average Bonchev–Trinajstić information content (AvgIpc) is 3.15. The van der Waals surface area contributed by atoms with E-state index < -0.39 is 51.6 Å². The molecule has 204 valence electrons.